The van der Waals surface area contributed by atoms with Crippen molar-refractivity contribution in [2.75, 3.05) is 22.9 Å². The molecule has 4 rings (SSSR count). The summed E-state index contributed by atoms with van der Waals surface area (Å²) < 4.78 is 5.35. The number of rotatable bonds is 8. The predicted octanol–water partition coefficient (Wildman–Crippen LogP) is 3.35. The molecule has 0 saturated carbocycles. The summed E-state index contributed by atoms with van der Waals surface area (Å²) in [6.45, 7) is 5.02. The Labute approximate surface area is 214 Å². The zero-order valence-corrected chi connectivity index (χ0v) is 20.9. The van der Waals surface area contributed by atoms with Crippen LogP contribution in [0.5, 0.6) is 0 Å². The van der Waals surface area contributed by atoms with Crippen molar-refractivity contribution in [1.82, 2.24) is 5.32 Å². The first-order valence-electron chi connectivity index (χ1n) is 12.3. The van der Waals surface area contributed by atoms with Crippen molar-refractivity contribution in [1.29, 1.82) is 0 Å². The van der Waals surface area contributed by atoms with Crippen molar-refractivity contribution in [2.45, 2.75) is 51.8 Å². The van der Waals surface area contributed by atoms with Gasteiger partial charge in [-0.05, 0) is 43.4 Å². The third-order valence-corrected chi connectivity index (χ3v) is 6.76. The van der Waals surface area contributed by atoms with Crippen LogP contribution in [0.1, 0.15) is 49.0 Å². The predicted molar refractivity (Wildman–Crippen MR) is 137 cm³/mol. The standard InChI is InChI=1S/C26H31N5O6/c1-16(2)13-20(24(27)32)28-25(33)17-7-8-22(23(14-17)31(35)36)29-11-9-19(10-12-29)30-21-6-4-3-5-18(21)15-37-26(30)34/h3-8,14,16,19-20H,9-13,15H2,1-2H3,(H2,27,32)(H,28,33)/t20-/m0/s1. The van der Waals surface area contributed by atoms with Crippen molar-refractivity contribution in [3.63, 3.8) is 0 Å². The zero-order valence-electron chi connectivity index (χ0n) is 20.9. The first kappa shape index (κ1) is 25.9. The fourth-order valence-electron chi connectivity index (χ4n) is 4.92. The van der Waals surface area contributed by atoms with Crippen LogP contribution in [0, 0.1) is 16.0 Å². The number of primary amides is 1. The maximum atomic E-state index is 12.7. The first-order valence-corrected chi connectivity index (χ1v) is 12.3. The molecule has 0 unspecified atom stereocenters. The topological polar surface area (TPSA) is 148 Å². The molecule has 2 heterocycles. The Morgan fingerprint density at radius 2 is 1.86 bits per heavy atom. The van der Waals surface area contributed by atoms with Crippen LogP contribution in [0.15, 0.2) is 42.5 Å². The molecule has 0 radical (unpaired) electrons. The van der Waals surface area contributed by atoms with E-state index in [0.717, 1.165) is 11.3 Å². The summed E-state index contributed by atoms with van der Waals surface area (Å²) in [7, 11) is 0. The molecule has 11 heteroatoms. The van der Waals surface area contributed by atoms with E-state index in [1.165, 1.54) is 12.1 Å². The number of para-hydroxylation sites is 1. The fraction of sp³-hybridized carbons (Fsp3) is 0.423. The lowest BCUT2D eigenvalue weighted by Crippen LogP contribution is -2.49. The number of cyclic esters (lactones) is 1. The maximum absolute atomic E-state index is 12.7. The number of anilines is 2. The molecule has 0 bridgehead atoms. The molecule has 0 spiro atoms. The Kier molecular flexibility index (Phi) is 7.61. The molecule has 1 atom stereocenters. The number of nitrogens with one attached hydrogen (secondary N) is 1. The average Bonchev–Trinajstić information content (AvgIpc) is 2.87. The number of benzene rings is 2. The number of nitrogens with two attached hydrogens (primary N) is 1. The second-order valence-corrected chi connectivity index (χ2v) is 9.79. The second-order valence-electron chi connectivity index (χ2n) is 9.79. The summed E-state index contributed by atoms with van der Waals surface area (Å²) in [6.07, 6.45) is 1.17. The highest BCUT2D eigenvalue weighted by Gasteiger charge is 2.35. The Balaban J connectivity index is 1.49. The van der Waals surface area contributed by atoms with Crippen LogP contribution in [0.4, 0.5) is 21.9 Å². The number of nitro benzene ring substituents is 1. The van der Waals surface area contributed by atoms with E-state index >= 15 is 0 Å². The number of carbonyl (C=O) groups excluding carboxylic acids is 3. The van der Waals surface area contributed by atoms with Crippen molar-refractivity contribution >= 4 is 35.0 Å². The average molecular weight is 510 g/mol. The van der Waals surface area contributed by atoms with Crippen LogP contribution in [0.25, 0.3) is 0 Å². The van der Waals surface area contributed by atoms with Gasteiger partial charge in [0.05, 0.1) is 10.6 Å². The monoisotopic (exact) mass is 509 g/mol. The summed E-state index contributed by atoms with van der Waals surface area (Å²) >= 11 is 0. The molecular weight excluding hydrogens is 478 g/mol. The molecule has 2 aliphatic rings. The van der Waals surface area contributed by atoms with Gasteiger partial charge in [0, 0.05) is 36.3 Å². The molecule has 11 nitrogen and oxygen atoms in total. The molecular formula is C26H31N5O6. The summed E-state index contributed by atoms with van der Waals surface area (Å²) in [5.74, 6) is -1.13. The minimum Gasteiger partial charge on any atom is -0.444 e. The Bertz CT molecular complexity index is 1210. The van der Waals surface area contributed by atoms with Crippen LogP contribution in [0.2, 0.25) is 0 Å². The quantitative estimate of drug-likeness (QED) is 0.409. The molecule has 3 amide bonds. The van der Waals surface area contributed by atoms with Gasteiger partial charge in [-0.15, -0.1) is 0 Å². The number of nitro groups is 1. The van der Waals surface area contributed by atoms with Crippen LogP contribution in [0.3, 0.4) is 0 Å². The summed E-state index contributed by atoms with van der Waals surface area (Å²) in [5, 5.41) is 14.5. The van der Waals surface area contributed by atoms with E-state index in [1.54, 1.807) is 11.0 Å². The molecule has 1 fully saturated rings. The van der Waals surface area contributed by atoms with E-state index in [2.05, 4.69) is 5.32 Å². The van der Waals surface area contributed by atoms with E-state index in [0.29, 0.717) is 38.0 Å². The highest BCUT2D eigenvalue weighted by molar-refractivity contribution is 5.98. The van der Waals surface area contributed by atoms with Gasteiger partial charge in [-0.3, -0.25) is 24.6 Å². The molecule has 196 valence electrons. The maximum Gasteiger partial charge on any atom is 0.414 e. The van der Waals surface area contributed by atoms with Crippen LogP contribution in [-0.2, 0) is 16.1 Å². The summed E-state index contributed by atoms with van der Waals surface area (Å²) in [5.41, 5.74) is 7.47. The lowest BCUT2D eigenvalue weighted by atomic mass is 9.99. The van der Waals surface area contributed by atoms with Crippen molar-refractivity contribution in [3.05, 3.63) is 63.7 Å². The summed E-state index contributed by atoms with van der Waals surface area (Å²) in [6, 6.07) is 10.9. The van der Waals surface area contributed by atoms with Gasteiger partial charge >= 0.3 is 6.09 Å². The molecule has 0 aliphatic carbocycles. The molecule has 37 heavy (non-hydrogen) atoms. The minimum atomic E-state index is -0.864. The van der Waals surface area contributed by atoms with E-state index in [1.807, 2.05) is 43.0 Å². The van der Waals surface area contributed by atoms with Gasteiger partial charge in [0.2, 0.25) is 5.91 Å². The van der Waals surface area contributed by atoms with E-state index in [4.69, 9.17) is 10.5 Å². The van der Waals surface area contributed by atoms with E-state index < -0.39 is 22.8 Å². The first-order chi connectivity index (χ1) is 17.7. The minimum absolute atomic E-state index is 0.0769. The largest absolute Gasteiger partial charge is 0.444 e. The number of hydrogen-bond donors (Lipinski definition) is 2. The zero-order chi connectivity index (χ0) is 26.7. The van der Waals surface area contributed by atoms with Crippen molar-refractivity contribution in [2.24, 2.45) is 11.7 Å². The highest BCUT2D eigenvalue weighted by Crippen LogP contribution is 2.35. The molecule has 0 aromatic heterocycles. The Morgan fingerprint density at radius 3 is 2.51 bits per heavy atom. The number of ether oxygens (including phenoxy) is 1. The van der Waals surface area contributed by atoms with Gasteiger partial charge in [0.25, 0.3) is 11.6 Å². The molecule has 2 aromatic carbocycles. The van der Waals surface area contributed by atoms with Crippen LogP contribution >= 0.6 is 0 Å². The second kappa shape index (κ2) is 10.9. The lowest BCUT2D eigenvalue weighted by Gasteiger charge is -2.40. The smallest absolute Gasteiger partial charge is 0.414 e. The normalized spacial score (nSPS) is 16.7. The van der Waals surface area contributed by atoms with Gasteiger partial charge in [-0.2, -0.15) is 0 Å². The number of hydrogen-bond acceptors (Lipinski definition) is 7. The van der Waals surface area contributed by atoms with Crippen LogP contribution < -0.4 is 20.9 Å². The molecule has 2 aliphatic heterocycles. The van der Waals surface area contributed by atoms with Gasteiger partial charge in [0.1, 0.15) is 18.3 Å². The van der Waals surface area contributed by atoms with E-state index in [-0.39, 0.29) is 35.9 Å². The Morgan fingerprint density at radius 1 is 1.16 bits per heavy atom. The van der Waals surface area contributed by atoms with Crippen molar-refractivity contribution < 1.29 is 24.0 Å². The van der Waals surface area contributed by atoms with Crippen LogP contribution in [-0.4, -0.2) is 48.0 Å². The molecule has 2 aromatic rings. The Hall–Kier alpha value is -4.15. The lowest BCUT2D eigenvalue weighted by molar-refractivity contribution is -0.384. The summed E-state index contributed by atoms with van der Waals surface area (Å²) in [4.78, 5) is 52.0. The third kappa shape index (κ3) is 5.65. The molecule has 3 N–H and O–H groups in total. The highest BCUT2D eigenvalue weighted by atomic mass is 16.6. The van der Waals surface area contributed by atoms with Gasteiger partial charge < -0.3 is 20.7 Å². The van der Waals surface area contributed by atoms with Gasteiger partial charge in [0.15, 0.2) is 0 Å². The fourth-order valence-corrected chi connectivity index (χ4v) is 4.92. The van der Waals surface area contributed by atoms with Gasteiger partial charge in [-0.1, -0.05) is 32.0 Å². The number of amides is 3. The van der Waals surface area contributed by atoms with Crippen molar-refractivity contribution in [3.8, 4) is 0 Å². The number of fused-ring (bicyclic) bond motifs is 1. The number of nitrogens with zero attached hydrogens (tertiary/aromatic N) is 3. The van der Waals surface area contributed by atoms with E-state index in [9.17, 15) is 24.5 Å². The molecule has 1 saturated heterocycles. The third-order valence-electron chi connectivity index (χ3n) is 6.76. The number of piperidine rings is 1. The number of carbonyl (C=O) groups is 3. The SMILES string of the molecule is CC(C)C[C@H](NC(=O)c1ccc(N2CCC(N3C(=O)OCc4ccccc43)CC2)c([N+](=O)[O-])c1)C(N)=O. The van der Waals surface area contributed by atoms with Gasteiger partial charge in [-0.25, -0.2) is 4.79 Å².